The van der Waals surface area contributed by atoms with Crippen molar-refractivity contribution in [3.05, 3.63) is 65.2 Å². The van der Waals surface area contributed by atoms with E-state index in [1.807, 2.05) is 6.92 Å². The van der Waals surface area contributed by atoms with Crippen molar-refractivity contribution in [2.75, 3.05) is 6.54 Å². The first kappa shape index (κ1) is 32.1. The monoisotopic (exact) mass is 576 g/mol. The number of guanidine groups is 1. The van der Waals surface area contributed by atoms with Gasteiger partial charge in [-0.3, -0.25) is 9.79 Å². The number of benzene rings is 2. The van der Waals surface area contributed by atoms with Crippen LogP contribution >= 0.6 is 0 Å². The van der Waals surface area contributed by atoms with Gasteiger partial charge in [0.1, 0.15) is 18.2 Å². The third-order valence-electron chi connectivity index (χ3n) is 5.24. The molecule has 0 saturated carbocycles. The zero-order chi connectivity index (χ0) is 29.9. The van der Waals surface area contributed by atoms with E-state index in [0.717, 1.165) is 5.56 Å². The Bertz CT molecular complexity index is 1300. The normalized spacial score (nSPS) is 12.8. The number of amides is 1. The Hall–Kier alpha value is -4.13. The van der Waals surface area contributed by atoms with Gasteiger partial charge in [-0.2, -0.15) is 0 Å². The number of aliphatic imine (C=N–C) groups is 1. The van der Waals surface area contributed by atoms with E-state index >= 15 is 0 Å². The fourth-order valence-corrected chi connectivity index (χ4v) is 4.28. The summed E-state index contributed by atoms with van der Waals surface area (Å²) in [5.74, 6) is -1.98. The van der Waals surface area contributed by atoms with Crippen molar-refractivity contribution in [3.8, 4) is 0 Å². The molecule has 2 rings (SSSR count). The zero-order valence-corrected chi connectivity index (χ0v) is 23.8. The van der Waals surface area contributed by atoms with Crippen molar-refractivity contribution in [1.29, 1.82) is 0 Å². The lowest BCUT2D eigenvalue weighted by Gasteiger charge is -2.23. The number of hydrogen-bond acceptors (Lipinski definition) is 8. The van der Waals surface area contributed by atoms with Crippen LogP contribution in [0.1, 0.15) is 50.3 Å². The Morgan fingerprint density at radius 1 is 1.02 bits per heavy atom. The molecule has 0 spiro atoms. The van der Waals surface area contributed by atoms with Crippen LogP contribution in [-0.4, -0.2) is 55.7 Å². The number of carboxylic acids is 1. The minimum Gasteiger partial charge on any atom is -0.481 e. The SMILES string of the molecule is Cc1ccc(S(=O)(=O)NC(N)=NCCC[C@H](NC(=O)OC(C)(C)C)C(=O)OCc2ccc(CC(=O)O)cc2)cc1. The molecule has 0 bridgehead atoms. The summed E-state index contributed by atoms with van der Waals surface area (Å²) in [6.07, 6.45) is -0.562. The molecular formula is C27H36N4O8S. The molecule has 0 fully saturated rings. The maximum atomic E-state index is 12.8. The van der Waals surface area contributed by atoms with Gasteiger partial charge < -0.3 is 25.6 Å². The summed E-state index contributed by atoms with van der Waals surface area (Å²) < 4.78 is 37.7. The molecule has 0 aliphatic heterocycles. The van der Waals surface area contributed by atoms with Crippen molar-refractivity contribution in [2.24, 2.45) is 10.7 Å². The van der Waals surface area contributed by atoms with E-state index in [4.69, 9.17) is 20.3 Å². The van der Waals surface area contributed by atoms with Gasteiger partial charge in [-0.05, 0) is 63.8 Å². The highest BCUT2D eigenvalue weighted by Gasteiger charge is 2.25. The largest absolute Gasteiger partial charge is 0.481 e. The van der Waals surface area contributed by atoms with E-state index in [-0.39, 0.29) is 43.3 Å². The summed E-state index contributed by atoms with van der Waals surface area (Å²) in [5, 5.41) is 11.4. The molecule has 1 amide bonds. The fourth-order valence-electron chi connectivity index (χ4n) is 3.32. The minimum absolute atomic E-state index is 0.0390. The summed E-state index contributed by atoms with van der Waals surface area (Å²) in [4.78, 5) is 40.0. The van der Waals surface area contributed by atoms with Gasteiger partial charge in [0.2, 0.25) is 5.96 Å². The van der Waals surface area contributed by atoms with Gasteiger partial charge >= 0.3 is 18.0 Å². The molecule has 0 aliphatic carbocycles. The van der Waals surface area contributed by atoms with Gasteiger partial charge in [-0.15, -0.1) is 0 Å². The molecule has 2 aromatic rings. The molecule has 0 aliphatic rings. The second-order valence-electron chi connectivity index (χ2n) is 10.0. The maximum absolute atomic E-state index is 12.8. The molecule has 0 radical (unpaired) electrons. The first-order chi connectivity index (χ1) is 18.6. The van der Waals surface area contributed by atoms with Crippen LogP contribution in [0.2, 0.25) is 0 Å². The van der Waals surface area contributed by atoms with Crippen LogP contribution in [-0.2, 0) is 42.1 Å². The number of esters is 1. The summed E-state index contributed by atoms with van der Waals surface area (Å²) in [6.45, 7) is 6.86. The number of nitrogens with one attached hydrogen (secondary N) is 2. The highest BCUT2D eigenvalue weighted by atomic mass is 32.2. The van der Waals surface area contributed by atoms with E-state index in [9.17, 15) is 22.8 Å². The highest BCUT2D eigenvalue weighted by molar-refractivity contribution is 7.90. The predicted octanol–water partition coefficient (Wildman–Crippen LogP) is 2.63. The van der Waals surface area contributed by atoms with Crippen molar-refractivity contribution in [3.63, 3.8) is 0 Å². The van der Waals surface area contributed by atoms with Gasteiger partial charge in [0.05, 0.1) is 11.3 Å². The fraction of sp³-hybridized carbons (Fsp3) is 0.407. The topological polar surface area (TPSA) is 186 Å². The van der Waals surface area contributed by atoms with E-state index in [1.54, 1.807) is 57.2 Å². The van der Waals surface area contributed by atoms with Gasteiger partial charge in [0.15, 0.2) is 0 Å². The van der Waals surface area contributed by atoms with Gasteiger partial charge in [0, 0.05) is 6.54 Å². The summed E-state index contributed by atoms with van der Waals surface area (Å²) in [7, 11) is -3.90. The lowest BCUT2D eigenvalue weighted by atomic mass is 10.1. The van der Waals surface area contributed by atoms with Gasteiger partial charge in [0.25, 0.3) is 10.0 Å². The second-order valence-corrected chi connectivity index (χ2v) is 11.7. The molecular weight excluding hydrogens is 540 g/mol. The van der Waals surface area contributed by atoms with Crippen LogP contribution in [0, 0.1) is 6.92 Å². The van der Waals surface area contributed by atoms with Crippen molar-refractivity contribution in [2.45, 2.75) is 70.1 Å². The zero-order valence-electron chi connectivity index (χ0n) is 23.0. The molecule has 5 N–H and O–H groups in total. The molecule has 0 unspecified atom stereocenters. The number of ether oxygens (including phenoxy) is 2. The number of carbonyl (C=O) groups excluding carboxylic acids is 2. The second kappa shape index (κ2) is 14.3. The number of rotatable bonds is 12. The molecule has 40 heavy (non-hydrogen) atoms. The summed E-state index contributed by atoms with van der Waals surface area (Å²) in [5.41, 5.74) is 7.11. The quantitative estimate of drug-likeness (QED) is 0.127. The summed E-state index contributed by atoms with van der Waals surface area (Å²) in [6, 6.07) is 11.7. The Morgan fingerprint density at radius 3 is 2.20 bits per heavy atom. The molecule has 1 atom stereocenters. The van der Waals surface area contributed by atoms with E-state index in [1.165, 1.54) is 12.1 Å². The average Bonchev–Trinajstić information content (AvgIpc) is 2.83. The number of nitrogens with two attached hydrogens (primary N) is 1. The Kier molecular flexibility index (Phi) is 11.5. The molecule has 0 aromatic heterocycles. The molecule has 2 aromatic carbocycles. The lowest BCUT2D eigenvalue weighted by molar-refractivity contribution is -0.147. The smallest absolute Gasteiger partial charge is 0.408 e. The number of hydrogen-bond donors (Lipinski definition) is 4. The first-order valence-corrected chi connectivity index (χ1v) is 14.0. The van der Waals surface area contributed by atoms with Crippen molar-refractivity contribution in [1.82, 2.24) is 10.0 Å². The van der Waals surface area contributed by atoms with Crippen LogP contribution in [0.5, 0.6) is 0 Å². The molecule has 12 nitrogen and oxygen atoms in total. The van der Waals surface area contributed by atoms with Crippen LogP contribution in [0.25, 0.3) is 0 Å². The van der Waals surface area contributed by atoms with Crippen LogP contribution in [0.15, 0.2) is 58.4 Å². The van der Waals surface area contributed by atoms with Gasteiger partial charge in [-0.1, -0.05) is 42.0 Å². The van der Waals surface area contributed by atoms with Gasteiger partial charge in [-0.25, -0.2) is 22.7 Å². The summed E-state index contributed by atoms with van der Waals surface area (Å²) >= 11 is 0. The average molecular weight is 577 g/mol. The Morgan fingerprint density at radius 2 is 1.62 bits per heavy atom. The number of carbonyl (C=O) groups is 3. The standard InChI is InChI=1S/C27H36N4O8S/c1-18-7-13-21(14-8-18)40(36,37)31-25(28)29-15-5-6-22(30-26(35)39-27(2,3)4)24(34)38-17-20-11-9-19(10-12-20)16-23(32)33/h7-14,22H,5-6,15-17H2,1-4H3,(H,30,35)(H,32,33)(H3,28,29,31)/t22-/m0/s1. The highest BCUT2D eigenvalue weighted by Crippen LogP contribution is 2.12. The first-order valence-electron chi connectivity index (χ1n) is 12.5. The van der Waals surface area contributed by atoms with E-state index in [0.29, 0.717) is 11.1 Å². The lowest BCUT2D eigenvalue weighted by Crippen LogP contribution is -2.44. The number of aliphatic carboxylic acids is 1. The van der Waals surface area contributed by atoms with Crippen LogP contribution in [0.3, 0.4) is 0 Å². The molecule has 13 heteroatoms. The van der Waals surface area contributed by atoms with Crippen LogP contribution < -0.4 is 15.8 Å². The van der Waals surface area contributed by atoms with Crippen LogP contribution in [0.4, 0.5) is 4.79 Å². The van der Waals surface area contributed by atoms with E-state index in [2.05, 4.69) is 15.0 Å². The van der Waals surface area contributed by atoms with E-state index < -0.39 is 39.7 Å². The minimum atomic E-state index is -3.90. The van der Waals surface area contributed by atoms with Crippen molar-refractivity contribution >= 4 is 34.0 Å². The number of aryl methyl sites for hydroxylation is 1. The third-order valence-corrected chi connectivity index (χ3v) is 6.61. The Labute approximate surface area is 234 Å². The number of carboxylic acid groups (broad SMARTS) is 1. The predicted molar refractivity (Wildman–Crippen MR) is 148 cm³/mol. The maximum Gasteiger partial charge on any atom is 0.408 e. The number of alkyl carbamates (subject to hydrolysis) is 1. The number of sulfonamides is 1. The Balaban J connectivity index is 1.98. The third kappa shape index (κ3) is 11.7. The van der Waals surface area contributed by atoms with Crippen molar-refractivity contribution < 1.29 is 37.4 Å². The molecule has 0 saturated heterocycles. The molecule has 218 valence electrons. The number of nitrogens with zero attached hydrogens (tertiary/aromatic N) is 1. The molecule has 0 heterocycles.